The van der Waals surface area contributed by atoms with Gasteiger partial charge in [0.25, 0.3) is 0 Å². The number of fused-ring (bicyclic) bond motifs is 1. The van der Waals surface area contributed by atoms with E-state index in [-0.39, 0.29) is 0 Å². The third-order valence-electron chi connectivity index (χ3n) is 7.51. The van der Waals surface area contributed by atoms with Gasteiger partial charge in [0, 0.05) is 18.4 Å². The van der Waals surface area contributed by atoms with Gasteiger partial charge < -0.3 is 23.7 Å². The van der Waals surface area contributed by atoms with Crippen LogP contribution < -0.4 is 23.7 Å². The summed E-state index contributed by atoms with van der Waals surface area (Å²) in [6.07, 6.45) is 2.62. The van der Waals surface area contributed by atoms with E-state index in [4.69, 9.17) is 23.7 Å². The molecule has 0 saturated carbocycles. The topological polar surface area (TPSA) is 49.2 Å². The summed E-state index contributed by atoms with van der Waals surface area (Å²) in [6.45, 7) is 1.89. The van der Waals surface area contributed by atoms with E-state index >= 15 is 0 Å². The molecular formula is C35H38NO5+. The second kappa shape index (κ2) is 13.3. The molecule has 4 aromatic rings. The van der Waals surface area contributed by atoms with Gasteiger partial charge in [-0.1, -0.05) is 60.7 Å². The van der Waals surface area contributed by atoms with E-state index in [1.54, 1.807) is 21.3 Å². The summed E-state index contributed by atoms with van der Waals surface area (Å²) in [6, 6.07) is 28.7. The highest BCUT2D eigenvalue weighted by Crippen LogP contribution is 2.40. The molecule has 1 heterocycles. The zero-order chi connectivity index (χ0) is 28.6. The van der Waals surface area contributed by atoms with E-state index in [2.05, 4.69) is 42.0 Å². The Morgan fingerprint density at radius 3 is 1.88 bits per heavy atom. The van der Waals surface area contributed by atoms with Crippen LogP contribution in [0.15, 0.2) is 84.9 Å². The van der Waals surface area contributed by atoms with Crippen molar-refractivity contribution in [2.24, 2.45) is 0 Å². The highest BCUT2D eigenvalue weighted by molar-refractivity contribution is 5.99. The number of rotatable bonds is 12. The molecule has 0 N–H and O–H groups in total. The summed E-state index contributed by atoms with van der Waals surface area (Å²) in [7, 11) is 7.16. The monoisotopic (exact) mass is 554 g/mol. The fraction of sp³-hybridized carbons (Fsp3) is 0.286. The predicted octanol–water partition coefficient (Wildman–Crippen LogP) is 6.49. The fourth-order valence-electron chi connectivity index (χ4n) is 5.27. The standard InChI is InChI=1S/C35H38NO5/c1-36-18-17-28-21-31(37-2)32(40-23-25-11-7-5-8-12-25)22-29(28)30(36)16-15-27-19-33(38-3)35(39-4)34(20-27)41-24-26-13-9-6-10-14-26/h5-14,19-22H,15-18,23-24H2,1-4H3/q+1/i16+2. The van der Waals surface area contributed by atoms with Crippen LogP contribution in [-0.4, -0.2) is 45.2 Å². The van der Waals surface area contributed by atoms with Gasteiger partial charge in [-0.3, -0.25) is 0 Å². The van der Waals surface area contributed by atoms with Gasteiger partial charge in [-0.25, -0.2) is 4.58 Å². The molecule has 0 bridgehead atoms. The van der Waals surface area contributed by atoms with E-state index < -0.39 is 0 Å². The van der Waals surface area contributed by atoms with E-state index in [1.807, 2.05) is 54.6 Å². The number of benzene rings is 4. The molecule has 1 aliphatic heterocycles. The van der Waals surface area contributed by atoms with Gasteiger partial charge in [-0.05, 0) is 52.9 Å². The summed E-state index contributed by atoms with van der Waals surface area (Å²) in [4.78, 5) is 0. The molecule has 0 radical (unpaired) electrons. The number of ether oxygens (including phenoxy) is 5. The molecule has 41 heavy (non-hydrogen) atoms. The van der Waals surface area contributed by atoms with E-state index in [0.717, 1.165) is 54.0 Å². The smallest absolute Gasteiger partial charge is 0.203 e. The van der Waals surface area contributed by atoms with Gasteiger partial charge in [0.15, 0.2) is 28.7 Å². The van der Waals surface area contributed by atoms with Crippen LogP contribution in [-0.2, 0) is 26.1 Å². The first kappa shape index (κ1) is 28.1. The molecular weight excluding hydrogens is 516 g/mol. The molecule has 212 valence electrons. The van der Waals surface area contributed by atoms with Crippen molar-refractivity contribution in [1.29, 1.82) is 0 Å². The highest BCUT2D eigenvalue weighted by atomic mass is 16.5. The normalized spacial score (nSPS) is 12.5. The first-order chi connectivity index (χ1) is 20.1. The van der Waals surface area contributed by atoms with Crippen LogP contribution in [0.25, 0.3) is 0 Å². The zero-order valence-corrected chi connectivity index (χ0v) is 24.3. The van der Waals surface area contributed by atoms with Crippen molar-refractivity contribution >= 4 is 5.71 Å². The molecule has 0 aromatic heterocycles. The van der Waals surface area contributed by atoms with Crippen LogP contribution in [0.4, 0.5) is 0 Å². The predicted molar refractivity (Wildman–Crippen MR) is 161 cm³/mol. The lowest BCUT2D eigenvalue weighted by Gasteiger charge is -2.20. The van der Waals surface area contributed by atoms with Crippen LogP contribution in [0.3, 0.4) is 0 Å². The number of hydrogen-bond donors (Lipinski definition) is 0. The summed E-state index contributed by atoms with van der Waals surface area (Å²) >= 11 is 0. The number of nitrogens with zero attached hydrogens (tertiary/aromatic N) is 1. The minimum Gasteiger partial charge on any atom is -0.493 e. The van der Waals surface area contributed by atoms with Crippen LogP contribution in [0.5, 0.6) is 28.7 Å². The van der Waals surface area contributed by atoms with E-state index in [0.29, 0.717) is 30.5 Å². The van der Waals surface area contributed by atoms with Crippen molar-refractivity contribution in [1.82, 2.24) is 0 Å². The van der Waals surface area contributed by atoms with Crippen molar-refractivity contribution in [2.75, 3.05) is 34.9 Å². The molecule has 0 atom stereocenters. The SMILES string of the molecule is COc1cc2c(cc1OCc1ccccc1)C([14CH2]Cc1cc(OC)c(OC)c(OCc3ccccc3)c1)=[N+](C)CC2. The molecule has 6 nitrogen and oxygen atoms in total. The average molecular weight is 555 g/mol. The Balaban J connectivity index is 1.38. The molecule has 0 aliphatic carbocycles. The number of hydrogen-bond acceptors (Lipinski definition) is 5. The van der Waals surface area contributed by atoms with Crippen molar-refractivity contribution in [3.8, 4) is 28.7 Å². The molecule has 1 aliphatic rings. The largest absolute Gasteiger partial charge is 0.493 e. The second-order valence-corrected chi connectivity index (χ2v) is 10.2. The molecule has 4 aromatic carbocycles. The minimum atomic E-state index is 0.449. The summed E-state index contributed by atoms with van der Waals surface area (Å²) < 4.78 is 31.9. The number of likely N-dealkylation sites (N-methyl/N-ethyl adjacent to an activating group) is 1. The molecule has 0 unspecified atom stereocenters. The molecule has 0 saturated heterocycles. The van der Waals surface area contributed by atoms with Crippen molar-refractivity contribution in [3.05, 3.63) is 113 Å². The maximum Gasteiger partial charge on any atom is 0.203 e. The first-order valence-corrected chi connectivity index (χ1v) is 14.0. The van der Waals surface area contributed by atoms with Crippen molar-refractivity contribution in [2.45, 2.75) is 32.5 Å². The Labute approximate surface area is 242 Å². The average Bonchev–Trinajstić information content (AvgIpc) is 3.02. The lowest BCUT2D eigenvalue weighted by molar-refractivity contribution is -0.499. The number of methoxy groups -OCH3 is 3. The second-order valence-electron chi connectivity index (χ2n) is 10.2. The van der Waals surface area contributed by atoms with Gasteiger partial charge in [0.05, 0.1) is 21.3 Å². The summed E-state index contributed by atoms with van der Waals surface area (Å²) in [5.41, 5.74) is 7.10. The van der Waals surface area contributed by atoms with E-state index in [1.165, 1.54) is 16.8 Å². The lowest BCUT2D eigenvalue weighted by Crippen LogP contribution is -2.28. The summed E-state index contributed by atoms with van der Waals surface area (Å²) in [5.74, 6) is 3.47. The van der Waals surface area contributed by atoms with Crippen LogP contribution in [0, 0.1) is 0 Å². The van der Waals surface area contributed by atoms with E-state index in [9.17, 15) is 0 Å². The molecule has 0 spiro atoms. The van der Waals surface area contributed by atoms with Crippen LogP contribution in [0.2, 0.25) is 0 Å². The number of aryl methyl sites for hydroxylation is 1. The Kier molecular flexibility index (Phi) is 9.09. The minimum absolute atomic E-state index is 0.449. The van der Waals surface area contributed by atoms with Crippen molar-refractivity contribution < 1.29 is 28.3 Å². The molecule has 5 rings (SSSR count). The van der Waals surface area contributed by atoms with Gasteiger partial charge in [-0.2, -0.15) is 0 Å². The third kappa shape index (κ3) is 6.65. The lowest BCUT2D eigenvalue weighted by atomic mass is 9.99. The van der Waals surface area contributed by atoms with Crippen LogP contribution >= 0.6 is 0 Å². The molecule has 6 heteroatoms. The Morgan fingerprint density at radius 1 is 0.659 bits per heavy atom. The first-order valence-electron chi connectivity index (χ1n) is 14.0. The molecule has 0 fully saturated rings. The Bertz CT molecular complexity index is 1500. The maximum absolute atomic E-state index is 6.26. The third-order valence-corrected chi connectivity index (χ3v) is 7.51. The van der Waals surface area contributed by atoms with Gasteiger partial charge in [-0.15, -0.1) is 0 Å². The zero-order valence-electron chi connectivity index (χ0n) is 24.3. The fourth-order valence-corrected chi connectivity index (χ4v) is 5.27. The summed E-state index contributed by atoms with van der Waals surface area (Å²) in [5, 5.41) is 0. The Hall–Kier alpha value is -4.45. The van der Waals surface area contributed by atoms with Gasteiger partial charge in [0.2, 0.25) is 5.75 Å². The van der Waals surface area contributed by atoms with Crippen LogP contribution in [0.1, 0.15) is 34.2 Å². The highest BCUT2D eigenvalue weighted by Gasteiger charge is 2.26. The molecule has 0 amide bonds. The quantitative estimate of drug-likeness (QED) is 0.187. The maximum atomic E-state index is 6.26. The van der Waals surface area contributed by atoms with Crippen molar-refractivity contribution in [3.63, 3.8) is 0 Å². The Morgan fingerprint density at radius 2 is 1.27 bits per heavy atom. The van der Waals surface area contributed by atoms with Gasteiger partial charge in [0.1, 0.15) is 26.8 Å². The van der Waals surface area contributed by atoms with Gasteiger partial charge >= 0.3 is 0 Å².